The molecule has 0 bridgehead atoms. The summed E-state index contributed by atoms with van der Waals surface area (Å²) in [5.41, 5.74) is 6.09. The molecule has 0 aromatic carbocycles. The maximum atomic E-state index is 13.1. The Balaban J connectivity index is 2.56. The summed E-state index contributed by atoms with van der Waals surface area (Å²) in [6, 6.07) is 1.36. The first-order valence-corrected chi connectivity index (χ1v) is 4.73. The van der Waals surface area contributed by atoms with Crippen LogP contribution in [-0.4, -0.2) is 22.2 Å². The Morgan fingerprint density at radius 3 is 3.12 bits per heavy atom. The van der Waals surface area contributed by atoms with Crippen molar-refractivity contribution in [3.8, 4) is 0 Å². The van der Waals surface area contributed by atoms with Crippen molar-refractivity contribution >= 4 is 17.2 Å². The number of pyridine rings is 1. The van der Waals surface area contributed by atoms with Crippen LogP contribution in [0.4, 0.5) is 10.1 Å². The summed E-state index contributed by atoms with van der Waals surface area (Å²) in [7, 11) is 0. The first kappa shape index (κ1) is 10.4. The Hall–Kier alpha value is -2.11. The molecule has 0 aliphatic heterocycles. The number of aromatic nitrogens is 2. The van der Waals surface area contributed by atoms with Crippen molar-refractivity contribution in [3.63, 3.8) is 0 Å². The van der Waals surface area contributed by atoms with Gasteiger partial charge in [-0.1, -0.05) is 0 Å². The SMILES string of the molecule is CCOC(=O)c1cnn2cc(F)c(N)cc12. The van der Waals surface area contributed by atoms with Crippen LogP contribution in [0.3, 0.4) is 0 Å². The van der Waals surface area contributed by atoms with Crippen molar-refractivity contribution in [1.82, 2.24) is 9.61 Å². The van der Waals surface area contributed by atoms with Gasteiger partial charge in [-0.05, 0) is 13.0 Å². The minimum atomic E-state index is -0.578. The molecule has 0 unspecified atom stereocenters. The number of hydrogen-bond donors (Lipinski definition) is 1. The molecular formula is C10H10FN3O2. The number of carbonyl (C=O) groups is 1. The zero-order valence-electron chi connectivity index (χ0n) is 8.61. The third-order valence-electron chi connectivity index (χ3n) is 2.13. The van der Waals surface area contributed by atoms with Gasteiger partial charge in [0.15, 0.2) is 5.82 Å². The van der Waals surface area contributed by atoms with Crippen molar-refractivity contribution in [3.05, 3.63) is 29.8 Å². The van der Waals surface area contributed by atoms with Gasteiger partial charge >= 0.3 is 5.97 Å². The monoisotopic (exact) mass is 223 g/mol. The number of anilines is 1. The largest absolute Gasteiger partial charge is 0.462 e. The van der Waals surface area contributed by atoms with E-state index in [-0.39, 0.29) is 17.9 Å². The number of nitrogens with two attached hydrogens (primary N) is 1. The van der Waals surface area contributed by atoms with Crippen molar-refractivity contribution in [2.75, 3.05) is 12.3 Å². The molecule has 2 aromatic heterocycles. The van der Waals surface area contributed by atoms with Crippen LogP contribution < -0.4 is 5.73 Å². The Kier molecular flexibility index (Phi) is 2.47. The highest BCUT2D eigenvalue weighted by molar-refractivity contribution is 5.97. The smallest absolute Gasteiger partial charge is 0.341 e. The molecular weight excluding hydrogens is 213 g/mol. The normalized spacial score (nSPS) is 10.6. The molecule has 2 aromatic rings. The first-order valence-electron chi connectivity index (χ1n) is 4.73. The lowest BCUT2D eigenvalue weighted by Gasteiger charge is -2.01. The Labute approximate surface area is 90.6 Å². The van der Waals surface area contributed by atoms with Gasteiger partial charge in [-0.15, -0.1) is 0 Å². The molecule has 0 saturated heterocycles. The van der Waals surface area contributed by atoms with Gasteiger partial charge in [-0.25, -0.2) is 13.7 Å². The van der Waals surface area contributed by atoms with E-state index in [1.165, 1.54) is 16.8 Å². The second kappa shape index (κ2) is 3.80. The first-order chi connectivity index (χ1) is 7.63. The number of ether oxygens (including phenoxy) is 1. The lowest BCUT2D eigenvalue weighted by Crippen LogP contribution is -2.04. The summed E-state index contributed by atoms with van der Waals surface area (Å²) >= 11 is 0. The standard InChI is InChI=1S/C10H10FN3O2/c1-2-16-10(15)6-4-13-14-5-7(11)8(12)3-9(6)14/h3-5H,2,12H2,1H3. The van der Waals surface area contributed by atoms with Crippen LogP contribution >= 0.6 is 0 Å². The van der Waals surface area contributed by atoms with Gasteiger partial charge in [-0.2, -0.15) is 5.10 Å². The zero-order chi connectivity index (χ0) is 11.7. The van der Waals surface area contributed by atoms with E-state index in [0.717, 1.165) is 6.20 Å². The molecule has 2 rings (SSSR count). The van der Waals surface area contributed by atoms with E-state index in [4.69, 9.17) is 10.5 Å². The van der Waals surface area contributed by atoms with E-state index in [1.54, 1.807) is 6.92 Å². The summed E-state index contributed by atoms with van der Waals surface area (Å²) in [4.78, 5) is 11.5. The molecule has 6 heteroatoms. The number of rotatable bonds is 2. The van der Waals surface area contributed by atoms with E-state index in [0.29, 0.717) is 5.52 Å². The molecule has 0 saturated carbocycles. The topological polar surface area (TPSA) is 69.6 Å². The molecule has 0 aliphatic carbocycles. The summed E-state index contributed by atoms with van der Waals surface area (Å²) in [6.07, 6.45) is 2.44. The van der Waals surface area contributed by atoms with Gasteiger partial charge in [0.1, 0.15) is 5.56 Å². The van der Waals surface area contributed by atoms with Crippen LogP contribution in [0.2, 0.25) is 0 Å². The maximum Gasteiger partial charge on any atom is 0.341 e. The number of carbonyl (C=O) groups excluding carboxylic acids is 1. The molecule has 0 fully saturated rings. The average molecular weight is 223 g/mol. The average Bonchev–Trinajstić information content (AvgIpc) is 2.62. The van der Waals surface area contributed by atoms with Crippen LogP contribution in [0.25, 0.3) is 5.52 Å². The molecule has 16 heavy (non-hydrogen) atoms. The van der Waals surface area contributed by atoms with Gasteiger partial charge in [0.05, 0.1) is 30.2 Å². The molecule has 0 atom stereocenters. The van der Waals surface area contributed by atoms with E-state index in [9.17, 15) is 9.18 Å². The lowest BCUT2D eigenvalue weighted by atomic mass is 10.2. The number of fused-ring (bicyclic) bond motifs is 1. The molecule has 0 amide bonds. The number of esters is 1. The summed E-state index contributed by atoms with van der Waals surface area (Å²) in [6.45, 7) is 1.98. The lowest BCUT2D eigenvalue weighted by molar-refractivity contribution is 0.0528. The highest BCUT2D eigenvalue weighted by atomic mass is 19.1. The molecule has 2 heterocycles. The molecule has 5 nitrogen and oxygen atoms in total. The fraction of sp³-hybridized carbons (Fsp3) is 0.200. The van der Waals surface area contributed by atoms with E-state index < -0.39 is 11.8 Å². The predicted molar refractivity (Wildman–Crippen MR) is 55.5 cm³/mol. The fourth-order valence-corrected chi connectivity index (χ4v) is 1.38. The molecule has 0 aliphatic rings. The van der Waals surface area contributed by atoms with Crippen molar-refractivity contribution in [2.45, 2.75) is 6.92 Å². The van der Waals surface area contributed by atoms with Crippen LogP contribution in [0, 0.1) is 5.82 Å². The summed E-state index contributed by atoms with van der Waals surface area (Å²) < 4.78 is 19.2. The maximum absolute atomic E-state index is 13.1. The number of halogens is 1. The van der Waals surface area contributed by atoms with Crippen molar-refractivity contribution in [2.24, 2.45) is 0 Å². The number of nitrogens with zero attached hydrogens (tertiary/aromatic N) is 2. The van der Waals surface area contributed by atoms with E-state index in [2.05, 4.69) is 5.10 Å². The quantitative estimate of drug-likeness (QED) is 0.777. The van der Waals surface area contributed by atoms with Gasteiger partial charge < -0.3 is 10.5 Å². The minimum absolute atomic E-state index is 0.0291. The zero-order valence-corrected chi connectivity index (χ0v) is 8.61. The second-order valence-electron chi connectivity index (χ2n) is 3.19. The van der Waals surface area contributed by atoms with E-state index in [1.807, 2.05) is 0 Å². The van der Waals surface area contributed by atoms with Gasteiger partial charge in [0.2, 0.25) is 0 Å². The Morgan fingerprint density at radius 2 is 2.44 bits per heavy atom. The van der Waals surface area contributed by atoms with Crippen LogP contribution in [0.5, 0.6) is 0 Å². The summed E-state index contributed by atoms with van der Waals surface area (Å²) in [5.74, 6) is -1.07. The molecule has 84 valence electrons. The van der Waals surface area contributed by atoms with Gasteiger partial charge in [-0.3, -0.25) is 0 Å². The minimum Gasteiger partial charge on any atom is -0.462 e. The van der Waals surface area contributed by atoms with E-state index >= 15 is 0 Å². The molecule has 0 spiro atoms. The number of nitrogen functional groups attached to an aromatic ring is 1. The number of hydrogen-bond acceptors (Lipinski definition) is 4. The third kappa shape index (κ3) is 1.58. The fourth-order valence-electron chi connectivity index (χ4n) is 1.38. The Bertz CT molecular complexity index is 550. The van der Waals surface area contributed by atoms with Crippen LogP contribution in [-0.2, 0) is 4.74 Å². The highest BCUT2D eigenvalue weighted by Crippen LogP contribution is 2.17. The van der Waals surface area contributed by atoms with Gasteiger partial charge in [0, 0.05) is 0 Å². The Morgan fingerprint density at radius 1 is 1.69 bits per heavy atom. The van der Waals surface area contributed by atoms with Crippen molar-refractivity contribution < 1.29 is 13.9 Å². The molecule has 2 N–H and O–H groups in total. The van der Waals surface area contributed by atoms with Gasteiger partial charge in [0.25, 0.3) is 0 Å². The van der Waals surface area contributed by atoms with Crippen LogP contribution in [0.15, 0.2) is 18.5 Å². The summed E-state index contributed by atoms with van der Waals surface area (Å²) in [5, 5.41) is 3.84. The van der Waals surface area contributed by atoms with Crippen molar-refractivity contribution in [1.29, 1.82) is 0 Å². The second-order valence-corrected chi connectivity index (χ2v) is 3.19. The van der Waals surface area contributed by atoms with Crippen LogP contribution in [0.1, 0.15) is 17.3 Å². The molecule has 0 radical (unpaired) electrons. The predicted octanol–water partition coefficient (Wildman–Crippen LogP) is 1.23. The third-order valence-corrected chi connectivity index (χ3v) is 2.13. The highest BCUT2D eigenvalue weighted by Gasteiger charge is 2.15.